The summed E-state index contributed by atoms with van der Waals surface area (Å²) in [6.07, 6.45) is 1.11. The quantitative estimate of drug-likeness (QED) is 0.807. The first kappa shape index (κ1) is 21.3. The van der Waals surface area contributed by atoms with Gasteiger partial charge in [-0.15, -0.1) is 0 Å². The van der Waals surface area contributed by atoms with Crippen molar-refractivity contribution in [2.24, 2.45) is 5.73 Å². The van der Waals surface area contributed by atoms with Crippen LogP contribution in [-0.4, -0.2) is 48.9 Å². The Labute approximate surface area is 165 Å². The monoisotopic (exact) mass is 402 g/mol. The van der Waals surface area contributed by atoms with E-state index in [4.69, 9.17) is 38.4 Å². The van der Waals surface area contributed by atoms with Crippen molar-refractivity contribution >= 4 is 29.3 Å². The molecule has 0 spiro atoms. The van der Waals surface area contributed by atoms with E-state index in [-0.39, 0.29) is 24.1 Å². The first-order valence-corrected chi connectivity index (χ1v) is 9.57. The third-order valence-electron chi connectivity index (χ3n) is 4.55. The fraction of sp³-hybridized carbons (Fsp3) is 0.632. The zero-order chi connectivity index (χ0) is 19.5. The van der Waals surface area contributed by atoms with Crippen molar-refractivity contribution in [1.29, 1.82) is 0 Å². The lowest BCUT2D eigenvalue weighted by atomic mass is 9.81. The number of amides is 1. The highest BCUT2D eigenvalue weighted by molar-refractivity contribution is 6.42. The van der Waals surface area contributed by atoms with Gasteiger partial charge in [0.05, 0.1) is 10.0 Å². The average molecular weight is 403 g/mol. The van der Waals surface area contributed by atoms with Gasteiger partial charge in [0.2, 0.25) is 0 Å². The van der Waals surface area contributed by atoms with Crippen molar-refractivity contribution < 1.29 is 14.3 Å². The van der Waals surface area contributed by atoms with Crippen LogP contribution in [0.4, 0.5) is 4.79 Å². The van der Waals surface area contributed by atoms with E-state index in [0.717, 1.165) is 18.4 Å². The van der Waals surface area contributed by atoms with Crippen LogP contribution in [0.3, 0.4) is 0 Å². The molecule has 1 amide bonds. The number of piperidine rings is 1. The Hall–Kier alpha value is -1.01. The van der Waals surface area contributed by atoms with E-state index < -0.39 is 5.60 Å². The first-order valence-electron chi connectivity index (χ1n) is 8.81. The van der Waals surface area contributed by atoms with Crippen LogP contribution in [0.25, 0.3) is 0 Å². The second kappa shape index (κ2) is 8.79. The van der Waals surface area contributed by atoms with Gasteiger partial charge in [0.25, 0.3) is 0 Å². The van der Waals surface area contributed by atoms with Crippen molar-refractivity contribution in [3.8, 4) is 0 Å². The molecule has 1 heterocycles. The van der Waals surface area contributed by atoms with Gasteiger partial charge < -0.3 is 20.1 Å². The third-order valence-corrected chi connectivity index (χ3v) is 5.29. The highest BCUT2D eigenvalue weighted by Gasteiger charge is 2.38. The van der Waals surface area contributed by atoms with Crippen LogP contribution in [0, 0.1) is 0 Å². The standard InChI is InChI=1S/C19H28Cl2N2O3/c1-19(2,3)26-18(24)23-11-17(22)14(10-13(23)7-8-25-4)12-5-6-15(20)16(21)9-12/h5-6,9,13-14,17H,7-8,10-11,22H2,1-4H3/t13?,14-,17+/m0/s1. The summed E-state index contributed by atoms with van der Waals surface area (Å²) in [7, 11) is 1.66. The van der Waals surface area contributed by atoms with E-state index in [1.807, 2.05) is 32.9 Å². The molecule has 5 nitrogen and oxygen atoms in total. The van der Waals surface area contributed by atoms with Crippen molar-refractivity contribution in [3.63, 3.8) is 0 Å². The summed E-state index contributed by atoms with van der Waals surface area (Å²) in [5.41, 5.74) is 6.92. The number of hydrogen-bond acceptors (Lipinski definition) is 4. The van der Waals surface area contributed by atoms with E-state index in [2.05, 4.69) is 0 Å². The Morgan fingerprint density at radius 3 is 2.58 bits per heavy atom. The summed E-state index contributed by atoms with van der Waals surface area (Å²) in [5, 5.41) is 1.03. The van der Waals surface area contributed by atoms with Gasteiger partial charge in [-0.05, 0) is 51.3 Å². The SMILES string of the molecule is COCCC1C[C@@H](c2ccc(Cl)c(Cl)c2)[C@H](N)CN1C(=O)OC(C)(C)C. The molecule has 2 rings (SSSR count). The number of hydrogen-bond donors (Lipinski definition) is 1. The minimum Gasteiger partial charge on any atom is -0.444 e. The number of ether oxygens (including phenoxy) is 2. The van der Waals surface area contributed by atoms with Crippen LogP contribution in [0.2, 0.25) is 10.0 Å². The highest BCUT2D eigenvalue weighted by atomic mass is 35.5. The number of likely N-dealkylation sites (tertiary alicyclic amines) is 1. The van der Waals surface area contributed by atoms with E-state index in [1.54, 1.807) is 18.1 Å². The Kier molecular flexibility index (Phi) is 7.19. The number of nitrogens with zero attached hydrogens (tertiary/aromatic N) is 1. The summed E-state index contributed by atoms with van der Waals surface area (Å²) in [6.45, 7) is 6.56. The van der Waals surface area contributed by atoms with Crippen LogP contribution in [0.5, 0.6) is 0 Å². The van der Waals surface area contributed by atoms with Crippen LogP contribution in [0.15, 0.2) is 18.2 Å². The molecule has 0 aliphatic carbocycles. The van der Waals surface area contributed by atoms with E-state index in [0.29, 0.717) is 23.2 Å². The normalized spacial score (nSPS) is 23.8. The second-order valence-electron chi connectivity index (χ2n) is 7.75. The predicted molar refractivity (Wildman–Crippen MR) is 105 cm³/mol. The van der Waals surface area contributed by atoms with E-state index >= 15 is 0 Å². The lowest BCUT2D eigenvalue weighted by Gasteiger charge is -2.43. The van der Waals surface area contributed by atoms with Gasteiger partial charge >= 0.3 is 6.09 Å². The maximum Gasteiger partial charge on any atom is 0.410 e. The zero-order valence-electron chi connectivity index (χ0n) is 15.8. The molecule has 1 aliphatic rings. The van der Waals surface area contributed by atoms with Gasteiger partial charge in [-0.2, -0.15) is 0 Å². The van der Waals surface area contributed by atoms with Crippen LogP contribution in [0.1, 0.15) is 45.1 Å². The molecule has 1 aromatic rings. The molecular formula is C19H28Cl2N2O3. The van der Waals surface area contributed by atoms with Gasteiger partial charge in [-0.25, -0.2) is 4.79 Å². The number of methoxy groups -OCH3 is 1. The zero-order valence-corrected chi connectivity index (χ0v) is 17.3. The topological polar surface area (TPSA) is 64.8 Å². The Morgan fingerprint density at radius 1 is 1.31 bits per heavy atom. The molecule has 1 saturated heterocycles. The molecule has 2 N–H and O–H groups in total. The minimum atomic E-state index is -0.548. The smallest absolute Gasteiger partial charge is 0.410 e. The molecule has 7 heteroatoms. The molecular weight excluding hydrogens is 375 g/mol. The molecule has 1 unspecified atom stereocenters. The Bertz CT molecular complexity index is 634. The number of carbonyl (C=O) groups excluding carboxylic acids is 1. The van der Waals surface area contributed by atoms with Gasteiger partial charge in [-0.1, -0.05) is 29.3 Å². The number of nitrogens with two attached hydrogens (primary N) is 1. The molecule has 146 valence electrons. The summed E-state index contributed by atoms with van der Waals surface area (Å²) in [6, 6.07) is 5.39. The molecule has 0 radical (unpaired) electrons. The molecule has 3 atom stereocenters. The van der Waals surface area contributed by atoms with Gasteiger partial charge in [-0.3, -0.25) is 0 Å². The first-order chi connectivity index (χ1) is 12.1. The fourth-order valence-corrected chi connectivity index (χ4v) is 3.60. The average Bonchev–Trinajstić information content (AvgIpc) is 2.54. The Morgan fingerprint density at radius 2 is 2.00 bits per heavy atom. The van der Waals surface area contributed by atoms with Crippen molar-refractivity contribution in [1.82, 2.24) is 4.90 Å². The molecule has 1 aromatic carbocycles. The van der Waals surface area contributed by atoms with Crippen LogP contribution >= 0.6 is 23.2 Å². The lowest BCUT2D eigenvalue weighted by molar-refractivity contribution is 0.00113. The highest BCUT2D eigenvalue weighted by Crippen LogP contribution is 2.35. The van der Waals surface area contributed by atoms with E-state index in [9.17, 15) is 4.79 Å². The van der Waals surface area contributed by atoms with Crippen molar-refractivity contribution in [2.75, 3.05) is 20.3 Å². The molecule has 0 saturated carbocycles. The summed E-state index contributed by atoms with van der Waals surface area (Å²) in [5.74, 6) is 0.0882. The molecule has 1 fully saturated rings. The van der Waals surface area contributed by atoms with Crippen molar-refractivity contribution in [2.45, 2.75) is 57.2 Å². The maximum absolute atomic E-state index is 12.6. The summed E-state index contributed by atoms with van der Waals surface area (Å²) < 4.78 is 10.8. The van der Waals surface area contributed by atoms with Crippen LogP contribution < -0.4 is 5.73 Å². The van der Waals surface area contributed by atoms with Gasteiger partial charge in [0.15, 0.2) is 0 Å². The second-order valence-corrected chi connectivity index (χ2v) is 8.56. The third kappa shape index (κ3) is 5.49. The predicted octanol–water partition coefficient (Wildman–Crippen LogP) is 4.45. The lowest BCUT2D eigenvalue weighted by Crippen LogP contribution is -2.55. The minimum absolute atomic E-state index is 0.0101. The number of halogens is 2. The van der Waals surface area contributed by atoms with Gasteiger partial charge in [0.1, 0.15) is 5.60 Å². The molecule has 0 bridgehead atoms. The van der Waals surface area contributed by atoms with E-state index in [1.165, 1.54) is 0 Å². The van der Waals surface area contributed by atoms with Crippen molar-refractivity contribution in [3.05, 3.63) is 33.8 Å². The molecule has 0 aromatic heterocycles. The number of carbonyl (C=O) groups is 1. The van der Waals surface area contributed by atoms with Crippen LogP contribution in [-0.2, 0) is 9.47 Å². The summed E-state index contributed by atoms with van der Waals surface area (Å²) in [4.78, 5) is 14.4. The molecule has 1 aliphatic heterocycles. The fourth-order valence-electron chi connectivity index (χ4n) is 3.30. The number of benzene rings is 1. The largest absolute Gasteiger partial charge is 0.444 e. The number of rotatable bonds is 4. The van der Waals surface area contributed by atoms with Gasteiger partial charge in [0, 0.05) is 38.3 Å². The molecule has 26 heavy (non-hydrogen) atoms. The maximum atomic E-state index is 12.6. The summed E-state index contributed by atoms with van der Waals surface area (Å²) >= 11 is 12.2. The Balaban J connectivity index is 2.21.